The van der Waals surface area contributed by atoms with Gasteiger partial charge in [0.15, 0.2) is 0 Å². The van der Waals surface area contributed by atoms with E-state index in [4.69, 9.17) is 11.6 Å². The summed E-state index contributed by atoms with van der Waals surface area (Å²) < 4.78 is 15.6. The molecule has 0 fully saturated rings. The number of fused-ring (bicyclic) bond motifs is 1. The lowest BCUT2D eigenvalue weighted by molar-refractivity contribution is -0.118. The van der Waals surface area contributed by atoms with Crippen molar-refractivity contribution < 1.29 is 9.18 Å². The Morgan fingerprint density at radius 1 is 1.50 bits per heavy atom. The number of nitrogens with zero attached hydrogens (tertiary/aromatic N) is 2. The van der Waals surface area contributed by atoms with E-state index in [2.05, 4.69) is 10.3 Å². The smallest absolute Gasteiger partial charge is 0.216 e. The molecule has 1 amide bonds. The first-order valence-electron chi connectivity index (χ1n) is 6.48. The Morgan fingerprint density at radius 2 is 2.25 bits per heavy atom. The number of hydrogen-bond acceptors (Lipinski definition) is 2. The van der Waals surface area contributed by atoms with E-state index in [0.29, 0.717) is 36.5 Å². The van der Waals surface area contributed by atoms with Gasteiger partial charge in [-0.15, -0.1) is 11.6 Å². The third-order valence-electron chi connectivity index (χ3n) is 3.14. The number of aromatic nitrogens is 2. The summed E-state index contributed by atoms with van der Waals surface area (Å²) in [6.45, 7) is 4.30. The second-order valence-electron chi connectivity index (χ2n) is 4.69. The first-order valence-corrected chi connectivity index (χ1v) is 7.02. The second kappa shape index (κ2) is 6.22. The lowest BCUT2D eigenvalue weighted by atomic mass is 10.2. The molecule has 0 aliphatic rings. The molecule has 108 valence electrons. The molecule has 0 unspecified atom stereocenters. The highest BCUT2D eigenvalue weighted by atomic mass is 35.5. The van der Waals surface area contributed by atoms with E-state index in [1.54, 1.807) is 13.0 Å². The fraction of sp³-hybridized carbons (Fsp3) is 0.429. The Hall–Kier alpha value is -1.62. The van der Waals surface area contributed by atoms with Crippen LogP contribution in [0.5, 0.6) is 0 Å². The molecule has 1 heterocycles. The van der Waals surface area contributed by atoms with Gasteiger partial charge in [-0.05, 0) is 18.6 Å². The first-order chi connectivity index (χ1) is 9.52. The molecule has 6 heteroatoms. The number of carbonyl (C=O) groups is 1. The number of aryl methyl sites for hydroxylation is 2. The molecule has 0 atom stereocenters. The number of imidazole rings is 1. The Bertz CT molecular complexity index is 639. The lowest BCUT2D eigenvalue weighted by Crippen LogP contribution is -2.25. The van der Waals surface area contributed by atoms with Gasteiger partial charge >= 0.3 is 0 Å². The van der Waals surface area contributed by atoms with Crippen molar-refractivity contribution in [1.82, 2.24) is 14.9 Å². The molecule has 1 N–H and O–H groups in total. The van der Waals surface area contributed by atoms with Gasteiger partial charge in [-0.1, -0.05) is 0 Å². The Labute approximate surface area is 121 Å². The molecule has 0 aliphatic heterocycles. The lowest BCUT2D eigenvalue weighted by Gasteiger charge is -2.09. The van der Waals surface area contributed by atoms with Crippen molar-refractivity contribution in [2.75, 3.05) is 12.4 Å². The highest BCUT2D eigenvalue weighted by molar-refractivity contribution is 6.17. The highest BCUT2D eigenvalue weighted by Gasteiger charge is 2.12. The van der Waals surface area contributed by atoms with Gasteiger partial charge in [-0.25, -0.2) is 9.37 Å². The summed E-state index contributed by atoms with van der Waals surface area (Å²) in [6.07, 6.45) is 0.608. The zero-order valence-corrected chi connectivity index (χ0v) is 12.3. The molecule has 2 aromatic rings. The van der Waals surface area contributed by atoms with Crippen LogP contribution < -0.4 is 5.32 Å². The van der Waals surface area contributed by atoms with Crippen molar-refractivity contribution >= 4 is 28.5 Å². The van der Waals surface area contributed by atoms with E-state index in [-0.39, 0.29) is 11.7 Å². The van der Waals surface area contributed by atoms with Crippen molar-refractivity contribution in [2.24, 2.45) is 0 Å². The van der Waals surface area contributed by atoms with E-state index in [1.165, 1.54) is 13.0 Å². The van der Waals surface area contributed by atoms with E-state index in [1.807, 2.05) is 4.57 Å². The number of carbonyl (C=O) groups excluding carboxylic acids is 1. The predicted octanol–water partition coefficient (Wildman–Crippen LogP) is 2.40. The van der Waals surface area contributed by atoms with Gasteiger partial charge in [-0.3, -0.25) is 4.79 Å². The molecule has 0 spiro atoms. The molecule has 0 saturated heterocycles. The fourth-order valence-corrected chi connectivity index (χ4v) is 2.34. The van der Waals surface area contributed by atoms with Crippen LogP contribution in [0.25, 0.3) is 11.0 Å². The molecule has 4 nitrogen and oxygen atoms in total. The van der Waals surface area contributed by atoms with Crippen LogP contribution in [0.4, 0.5) is 4.39 Å². The summed E-state index contributed by atoms with van der Waals surface area (Å²) >= 11 is 5.79. The average molecular weight is 298 g/mol. The number of amides is 1. The quantitative estimate of drug-likeness (QED) is 0.862. The number of hydrogen-bond donors (Lipinski definition) is 1. The Morgan fingerprint density at radius 3 is 2.90 bits per heavy atom. The van der Waals surface area contributed by atoms with E-state index in [0.717, 1.165) is 11.3 Å². The average Bonchev–Trinajstić information content (AvgIpc) is 2.68. The summed E-state index contributed by atoms with van der Waals surface area (Å²) in [5.74, 6) is 0.924. The van der Waals surface area contributed by atoms with Gasteiger partial charge in [0.25, 0.3) is 0 Å². The van der Waals surface area contributed by atoms with Crippen LogP contribution in [0.15, 0.2) is 12.1 Å². The fourth-order valence-electron chi connectivity index (χ4n) is 2.17. The molecule has 20 heavy (non-hydrogen) atoms. The summed E-state index contributed by atoms with van der Waals surface area (Å²) in [7, 11) is 0. The summed E-state index contributed by atoms with van der Waals surface area (Å²) in [5, 5.41) is 2.75. The molecule has 0 radical (unpaired) electrons. The number of alkyl halides is 1. The monoisotopic (exact) mass is 297 g/mol. The summed E-state index contributed by atoms with van der Waals surface area (Å²) in [5.41, 5.74) is 2.07. The SMILES string of the molecule is CC(=O)NCCn1c(CCCl)nc2cc(F)c(C)cc21. The topological polar surface area (TPSA) is 46.9 Å². The molecule has 2 rings (SSSR count). The third-order valence-corrected chi connectivity index (χ3v) is 3.32. The van der Waals surface area contributed by atoms with Gasteiger partial charge < -0.3 is 9.88 Å². The molecule has 1 aromatic carbocycles. The van der Waals surface area contributed by atoms with Crippen molar-refractivity contribution in [3.63, 3.8) is 0 Å². The minimum Gasteiger partial charge on any atom is -0.355 e. The van der Waals surface area contributed by atoms with E-state index < -0.39 is 0 Å². The van der Waals surface area contributed by atoms with Gasteiger partial charge in [0.2, 0.25) is 5.91 Å². The van der Waals surface area contributed by atoms with Gasteiger partial charge in [0.1, 0.15) is 11.6 Å². The van der Waals surface area contributed by atoms with Crippen LogP contribution in [0, 0.1) is 12.7 Å². The third kappa shape index (κ3) is 3.10. The van der Waals surface area contributed by atoms with E-state index >= 15 is 0 Å². The van der Waals surface area contributed by atoms with Crippen molar-refractivity contribution in [3.8, 4) is 0 Å². The number of benzene rings is 1. The number of rotatable bonds is 5. The van der Waals surface area contributed by atoms with Crippen LogP contribution >= 0.6 is 11.6 Å². The Kier molecular flexibility index (Phi) is 4.60. The van der Waals surface area contributed by atoms with Crippen LogP contribution in [0.1, 0.15) is 18.3 Å². The van der Waals surface area contributed by atoms with Gasteiger partial charge in [0, 0.05) is 38.4 Å². The molecule has 0 aliphatic carbocycles. The summed E-state index contributed by atoms with van der Waals surface area (Å²) in [4.78, 5) is 15.4. The van der Waals surface area contributed by atoms with Crippen molar-refractivity contribution in [3.05, 3.63) is 29.3 Å². The Balaban J connectivity index is 2.39. The van der Waals surface area contributed by atoms with Crippen LogP contribution in [-0.4, -0.2) is 27.9 Å². The normalized spacial score (nSPS) is 11.0. The predicted molar refractivity (Wildman–Crippen MR) is 77.5 cm³/mol. The maximum Gasteiger partial charge on any atom is 0.216 e. The first kappa shape index (κ1) is 14.8. The van der Waals surface area contributed by atoms with Crippen molar-refractivity contribution in [2.45, 2.75) is 26.8 Å². The largest absolute Gasteiger partial charge is 0.355 e. The zero-order valence-electron chi connectivity index (χ0n) is 11.5. The maximum absolute atomic E-state index is 13.6. The second-order valence-corrected chi connectivity index (χ2v) is 5.07. The molecular formula is C14H17ClFN3O. The van der Waals surface area contributed by atoms with Crippen LogP contribution in [0.2, 0.25) is 0 Å². The van der Waals surface area contributed by atoms with Crippen LogP contribution in [-0.2, 0) is 17.8 Å². The van der Waals surface area contributed by atoms with Gasteiger partial charge in [0.05, 0.1) is 11.0 Å². The number of halogens is 2. The van der Waals surface area contributed by atoms with Crippen molar-refractivity contribution in [1.29, 1.82) is 0 Å². The molecule has 1 aromatic heterocycles. The molecule has 0 saturated carbocycles. The van der Waals surface area contributed by atoms with Crippen LogP contribution in [0.3, 0.4) is 0 Å². The van der Waals surface area contributed by atoms with E-state index in [9.17, 15) is 9.18 Å². The minimum atomic E-state index is -0.263. The molecular weight excluding hydrogens is 281 g/mol. The minimum absolute atomic E-state index is 0.0736. The zero-order chi connectivity index (χ0) is 14.7. The van der Waals surface area contributed by atoms with Gasteiger partial charge in [-0.2, -0.15) is 0 Å². The molecule has 0 bridgehead atoms. The summed E-state index contributed by atoms with van der Waals surface area (Å²) in [6, 6.07) is 3.22. The number of nitrogens with one attached hydrogen (secondary N) is 1. The standard InChI is InChI=1S/C14H17ClFN3O/c1-9-7-13-12(8-11(9)16)18-14(3-4-15)19(13)6-5-17-10(2)20/h7-8H,3-6H2,1-2H3,(H,17,20). The maximum atomic E-state index is 13.6. The highest BCUT2D eigenvalue weighted by Crippen LogP contribution is 2.20.